The Kier molecular flexibility index (Phi) is 6.97. The third-order valence-electron chi connectivity index (χ3n) is 4.23. The molecule has 1 amide bonds. The molecule has 0 bridgehead atoms. The van der Waals surface area contributed by atoms with Crippen LogP contribution in [-0.4, -0.2) is 38.2 Å². The summed E-state index contributed by atoms with van der Waals surface area (Å²) in [5, 5.41) is 13.0. The van der Waals surface area contributed by atoms with Crippen molar-refractivity contribution in [1.82, 2.24) is 25.1 Å². The van der Waals surface area contributed by atoms with E-state index in [-0.39, 0.29) is 12.0 Å². The number of nitrogens with one attached hydrogen (secondary N) is 2. The number of aromatic amines is 1. The van der Waals surface area contributed by atoms with E-state index in [1.165, 1.54) is 41.2 Å². The van der Waals surface area contributed by atoms with E-state index >= 15 is 0 Å². The summed E-state index contributed by atoms with van der Waals surface area (Å²) in [6, 6.07) is 11.8. The number of hydrogen-bond acceptors (Lipinski definition) is 9. The predicted molar refractivity (Wildman–Crippen MR) is 121 cm³/mol. The SMILES string of the molecule is COC(C)c1ccc(Sc2ccc(Sc3ncn[nH]3)nc2C(=O)Nc2nccs2)cc1. The number of carbonyl (C=O) groups excluding carboxylic acids is 1. The normalized spacial score (nSPS) is 11.9. The van der Waals surface area contributed by atoms with Gasteiger partial charge in [-0.05, 0) is 48.5 Å². The van der Waals surface area contributed by atoms with Gasteiger partial charge in [-0.3, -0.25) is 15.2 Å². The molecule has 1 aromatic carbocycles. The first-order valence-corrected chi connectivity index (χ1v) is 11.7. The van der Waals surface area contributed by atoms with Crippen molar-refractivity contribution in [3.8, 4) is 0 Å². The van der Waals surface area contributed by atoms with Gasteiger partial charge in [-0.2, -0.15) is 5.10 Å². The van der Waals surface area contributed by atoms with E-state index in [2.05, 4.69) is 30.5 Å². The molecule has 31 heavy (non-hydrogen) atoms. The zero-order valence-corrected chi connectivity index (χ0v) is 19.1. The Bertz CT molecular complexity index is 1130. The first kappa shape index (κ1) is 21.5. The number of nitrogens with zero attached hydrogens (tertiary/aromatic N) is 4. The molecule has 2 N–H and O–H groups in total. The highest BCUT2D eigenvalue weighted by atomic mass is 32.2. The molecule has 8 nitrogen and oxygen atoms in total. The van der Waals surface area contributed by atoms with Gasteiger partial charge in [0, 0.05) is 28.5 Å². The van der Waals surface area contributed by atoms with E-state index in [0.717, 1.165) is 15.4 Å². The number of rotatable bonds is 8. The monoisotopic (exact) mass is 470 g/mol. The highest BCUT2D eigenvalue weighted by Gasteiger charge is 2.18. The van der Waals surface area contributed by atoms with Crippen LogP contribution < -0.4 is 5.32 Å². The number of ether oxygens (including phenoxy) is 1. The second-order valence-electron chi connectivity index (χ2n) is 6.23. The second kappa shape index (κ2) is 10.1. The van der Waals surface area contributed by atoms with Crippen molar-refractivity contribution < 1.29 is 9.53 Å². The van der Waals surface area contributed by atoms with Crippen LogP contribution in [0.1, 0.15) is 29.1 Å². The molecule has 1 atom stereocenters. The molecule has 11 heteroatoms. The lowest BCUT2D eigenvalue weighted by Gasteiger charge is -2.12. The van der Waals surface area contributed by atoms with Crippen LogP contribution >= 0.6 is 34.9 Å². The molecule has 0 spiro atoms. The molecule has 3 heterocycles. The van der Waals surface area contributed by atoms with Crippen molar-refractivity contribution in [2.24, 2.45) is 0 Å². The highest BCUT2D eigenvalue weighted by Crippen LogP contribution is 2.33. The van der Waals surface area contributed by atoms with Crippen LogP contribution in [0.3, 0.4) is 0 Å². The maximum Gasteiger partial charge on any atom is 0.277 e. The van der Waals surface area contributed by atoms with Crippen molar-refractivity contribution in [3.05, 3.63) is 65.6 Å². The van der Waals surface area contributed by atoms with Gasteiger partial charge in [-0.25, -0.2) is 15.0 Å². The van der Waals surface area contributed by atoms with Crippen LogP contribution in [0.2, 0.25) is 0 Å². The van der Waals surface area contributed by atoms with Crippen molar-refractivity contribution in [3.63, 3.8) is 0 Å². The van der Waals surface area contributed by atoms with Crippen LogP contribution in [0.5, 0.6) is 0 Å². The minimum Gasteiger partial charge on any atom is -0.377 e. The third kappa shape index (κ3) is 5.50. The number of methoxy groups -OCH3 is 1. The number of thiazole rings is 1. The summed E-state index contributed by atoms with van der Waals surface area (Å²) in [5.41, 5.74) is 1.41. The summed E-state index contributed by atoms with van der Waals surface area (Å²) in [6.07, 6.45) is 3.09. The van der Waals surface area contributed by atoms with Gasteiger partial charge < -0.3 is 4.74 Å². The summed E-state index contributed by atoms with van der Waals surface area (Å²) in [4.78, 5) is 27.5. The summed E-state index contributed by atoms with van der Waals surface area (Å²) >= 11 is 4.13. The summed E-state index contributed by atoms with van der Waals surface area (Å²) in [7, 11) is 1.69. The lowest BCUT2D eigenvalue weighted by atomic mass is 10.1. The molecular weight excluding hydrogens is 452 g/mol. The summed E-state index contributed by atoms with van der Waals surface area (Å²) < 4.78 is 5.36. The smallest absolute Gasteiger partial charge is 0.277 e. The number of hydrogen-bond donors (Lipinski definition) is 2. The Morgan fingerprint density at radius 2 is 2.00 bits per heavy atom. The molecule has 4 aromatic rings. The molecule has 0 saturated heterocycles. The highest BCUT2D eigenvalue weighted by molar-refractivity contribution is 7.99. The van der Waals surface area contributed by atoms with E-state index in [9.17, 15) is 4.79 Å². The van der Waals surface area contributed by atoms with Gasteiger partial charge in [0.1, 0.15) is 17.0 Å². The van der Waals surface area contributed by atoms with Gasteiger partial charge >= 0.3 is 0 Å². The van der Waals surface area contributed by atoms with Gasteiger partial charge in [-0.15, -0.1) is 11.3 Å². The Hall–Kier alpha value is -2.73. The molecule has 158 valence electrons. The van der Waals surface area contributed by atoms with Gasteiger partial charge in [0.2, 0.25) is 0 Å². The first-order chi connectivity index (χ1) is 15.1. The number of H-pyrrole nitrogens is 1. The van der Waals surface area contributed by atoms with Gasteiger partial charge in [0.25, 0.3) is 5.91 Å². The topological polar surface area (TPSA) is 106 Å². The number of aromatic nitrogens is 5. The Morgan fingerprint density at radius 3 is 2.68 bits per heavy atom. The fourth-order valence-electron chi connectivity index (χ4n) is 2.58. The Balaban J connectivity index is 1.61. The maximum absolute atomic E-state index is 13.0. The number of amides is 1. The standard InChI is InChI=1S/C20H18N6O2S3/c1-12(28-2)13-3-5-14(6-4-13)30-15-7-8-16(31-20-22-11-23-26-20)24-17(15)18(27)25-19-21-9-10-29-19/h3-12H,1-2H3,(H,21,25,27)(H,22,23,26). The van der Waals surface area contributed by atoms with E-state index in [4.69, 9.17) is 4.74 Å². The average Bonchev–Trinajstić information content (AvgIpc) is 3.49. The fourth-order valence-corrected chi connectivity index (χ4v) is 4.67. The lowest BCUT2D eigenvalue weighted by Crippen LogP contribution is -2.15. The van der Waals surface area contributed by atoms with Crippen LogP contribution in [0.4, 0.5) is 5.13 Å². The quantitative estimate of drug-likeness (QED) is 0.374. The molecule has 0 aliphatic carbocycles. The largest absolute Gasteiger partial charge is 0.377 e. The number of carbonyl (C=O) groups is 1. The molecule has 0 fully saturated rings. The Labute approximate surface area is 191 Å². The number of anilines is 1. The number of pyridine rings is 1. The maximum atomic E-state index is 13.0. The van der Waals surface area contributed by atoms with Gasteiger partial charge in [0.15, 0.2) is 10.3 Å². The van der Waals surface area contributed by atoms with Crippen LogP contribution in [-0.2, 0) is 4.74 Å². The van der Waals surface area contributed by atoms with E-state index in [1.807, 2.05) is 43.3 Å². The Morgan fingerprint density at radius 1 is 1.16 bits per heavy atom. The minimum absolute atomic E-state index is 0.0211. The second-order valence-corrected chi connectivity index (χ2v) is 9.25. The van der Waals surface area contributed by atoms with E-state index in [1.54, 1.807) is 18.7 Å². The molecule has 4 rings (SSSR count). The predicted octanol–water partition coefficient (Wildman–Crippen LogP) is 4.92. The van der Waals surface area contributed by atoms with Crippen molar-refractivity contribution in [2.45, 2.75) is 33.0 Å². The zero-order valence-electron chi connectivity index (χ0n) is 16.6. The third-order valence-corrected chi connectivity index (χ3v) is 6.80. The molecule has 0 saturated carbocycles. The van der Waals surface area contributed by atoms with Gasteiger partial charge in [0.05, 0.1) is 6.10 Å². The van der Waals surface area contributed by atoms with Crippen LogP contribution in [0.15, 0.2) is 74.3 Å². The first-order valence-electron chi connectivity index (χ1n) is 9.18. The summed E-state index contributed by atoms with van der Waals surface area (Å²) in [6.45, 7) is 2.00. The average molecular weight is 471 g/mol. The lowest BCUT2D eigenvalue weighted by molar-refractivity contribution is 0.101. The number of benzene rings is 1. The molecule has 0 aliphatic rings. The van der Waals surface area contributed by atoms with Crippen molar-refractivity contribution in [1.29, 1.82) is 0 Å². The van der Waals surface area contributed by atoms with E-state index < -0.39 is 0 Å². The zero-order chi connectivity index (χ0) is 21.6. The minimum atomic E-state index is -0.318. The molecule has 3 aromatic heterocycles. The van der Waals surface area contributed by atoms with Crippen LogP contribution in [0, 0.1) is 0 Å². The van der Waals surface area contributed by atoms with E-state index in [0.29, 0.717) is 21.0 Å². The van der Waals surface area contributed by atoms with Crippen molar-refractivity contribution in [2.75, 3.05) is 12.4 Å². The molecule has 1 unspecified atom stereocenters. The summed E-state index contributed by atoms with van der Waals surface area (Å²) in [5.74, 6) is -0.318. The van der Waals surface area contributed by atoms with Crippen LogP contribution in [0.25, 0.3) is 0 Å². The van der Waals surface area contributed by atoms with Crippen molar-refractivity contribution >= 4 is 45.9 Å². The van der Waals surface area contributed by atoms with Gasteiger partial charge in [-0.1, -0.05) is 23.9 Å². The fraction of sp³-hybridized carbons (Fsp3) is 0.150. The molecular formula is C20H18N6O2S3. The molecule has 0 aliphatic heterocycles. The molecule has 0 radical (unpaired) electrons.